The molecule has 1 N–H and O–H groups in total. The Morgan fingerprint density at radius 1 is 1.33 bits per heavy atom. The Bertz CT molecular complexity index is 482. The minimum absolute atomic E-state index is 0.184. The Kier molecular flexibility index (Phi) is 3.24. The lowest BCUT2D eigenvalue weighted by atomic mass is 9.87. The predicted molar refractivity (Wildman–Crippen MR) is 63.9 cm³/mol. The second-order valence-electron chi connectivity index (χ2n) is 5.00. The van der Waals surface area contributed by atoms with Crippen molar-refractivity contribution in [3.63, 3.8) is 0 Å². The molecule has 1 aliphatic rings. The molecule has 0 radical (unpaired) electrons. The van der Waals surface area contributed by atoms with Crippen LogP contribution in [0.2, 0.25) is 0 Å². The van der Waals surface area contributed by atoms with Gasteiger partial charge in [-0.2, -0.15) is 0 Å². The molecule has 0 amide bonds. The Balaban J connectivity index is 2.28. The summed E-state index contributed by atoms with van der Waals surface area (Å²) in [6.07, 6.45) is 0. The summed E-state index contributed by atoms with van der Waals surface area (Å²) < 4.78 is 26.3. The molecule has 1 saturated heterocycles. The molecule has 2 rings (SSSR count). The molecule has 1 heterocycles. The van der Waals surface area contributed by atoms with Crippen LogP contribution in [0.1, 0.15) is 24.2 Å². The first-order valence-corrected chi connectivity index (χ1v) is 5.87. The second-order valence-corrected chi connectivity index (χ2v) is 5.00. The van der Waals surface area contributed by atoms with Crippen LogP contribution >= 0.6 is 0 Å². The summed E-state index contributed by atoms with van der Waals surface area (Å²) in [5.74, 6) is -2.41. The molecule has 1 fully saturated rings. The summed E-state index contributed by atoms with van der Waals surface area (Å²) in [5, 5.41) is 9.01. The topological polar surface area (TPSA) is 40.5 Å². The highest BCUT2D eigenvalue weighted by molar-refractivity contribution is 5.94. The molecule has 0 bridgehead atoms. The Labute approximate surface area is 104 Å². The van der Waals surface area contributed by atoms with E-state index in [1.165, 1.54) is 0 Å². The number of benzene rings is 1. The number of nitrogens with zero attached hydrogens (tertiary/aromatic N) is 1. The number of anilines is 1. The third kappa shape index (κ3) is 2.17. The summed E-state index contributed by atoms with van der Waals surface area (Å²) in [4.78, 5) is 12.8. The highest BCUT2D eigenvalue weighted by Gasteiger charge is 2.32. The maximum Gasteiger partial charge on any atom is 0.337 e. The van der Waals surface area contributed by atoms with Gasteiger partial charge in [-0.15, -0.1) is 0 Å². The van der Waals surface area contributed by atoms with Crippen LogP contribution < -0.4 is 4.90 Å². The first kappa shape index (κ1) is 12.8. The van der Waals surface area contributed by atoms with Gasteiger partial charge in [0.15, 0.2) is 11.6 Å². The van der Waals surface area contributed by atoms with Gasteiger partial charge in [0, 0.05) is 19.2 Å². The summed E-state index contributed by atoms with van der Waals surface area (Å²) in [6, 6.07) is 1.71. The highest BCUT2D eigenvalue weighted by Crippen LogP contribution is 2.32. The Morgan fingerprint density at radius 3 is 2.39 bits per heavy atom. The highest BCUT2D eigenvalue weighted by atomic mass is 19.2. The standard InChI is InChI=1S/C13H15F2NO2/c1-7(2)8-5-16(6-8)12-4-11(15)10(14)3-9(12)13(17)18/h3-4,7-8H,5-6H2,1-2H3,(H,17,18). The van der Waals surface area contributed by atoms with E-state index in [1.807, 2.05) is 0 Å². The molecule has 1 aromatic carbocycles. The lowest BCUT2D eigenvalue weighted by Crippen LogP contribution is -2.49. The minimum atomic E-state index is -1.24. The van der Waals surface area contributed by atoms with Gasteiger partial charge < -0.3 is 10.0 Å². The third-order valence-electron chi connectivity index (χ3n) is 3.46. The van der Waals surface area contributed by atoms with Crippen molar-refractivity contribution in [2.75, 3.05) is 18.0 Å². The molecule has 0 aromatic heterocycles. The van der Waals surface area contributed by atoms with Gasteiger partial charge >= 0.3 is 5.97 Å². The molecule has 1 aliphatic heterocycles. The average Bonchev–Trinajstić information content (AvgIpc) is 2.19. The number of hydrogen-bond acceptors (Lipinski definition) is 2. The Hall–Kier alpha value is -1.65. The number of carbonyl (C=O) groups is 1. The predicted octanol–water partition coefficient (Wildman–Crippen LogP) is 2.76. The van der Waals surface area contributed by atoms with Crippen LogP contribution in [-0.4, -0.2) is 24.2 Å². The zero-order valence-corrected chi connectivity index (χ0v) is 10.3. The van der Waals surface area contributed by atoms with Gasteiger partial charge in [-0.3, -0.25) is 0 Å². The molecule has 0 unspecified atom stereocenters. The van der Waals surface area contributed by atoms with Crippen LogP contribution in [0.4, 0.5) is 14.5 Å². The number of hydrogen-bond donors (Lipinski definition) is 1. The minimum Gasteiger partial charge on any atom is -0.478 e. The van der Waals surface area contributed by atoms with Crippen LogP contribution in [0.3, 0.4) is 0 Å². The fraction of sp³-hybridized carbons (Fsp3) is 0.462. The molecule has 3 nitrogen and oxygen atoms in total. The second kappa shape index (κ2) is 4.55. The fourth-order valence-corrected chi connectivity index (χ4v) is 2.10. The maximum absolute atomic E-state index is 13.2. The van der Waals surface area contributed by atoms with Crippen molar-refractivity contribution in [3.8, 4) is 0 Å². The van der Waals surface area contributed by atoms with Crippen LogP contribution in [0.25, 0.3) is 0 Å². The maximum atomic E-state index is 13.2. The molecule has 0 saturated carbocycles. The van der Waals surface area contributed by atoms with Gasteiger partial charge in [0.25, 0.3) is 0 Å². The zero-order chi connectivity index (χ0) is 13.4. The number of aromatic carboxylic acids is 1. The van der Waals surface area contributed by atoms with Crippen LogP contribution in [0, 0.1) is 23.5 Å². The van der Waals surface area contributed by atoms with E-state index in [1.54, 1.807) is 4.90 Å². The van der Waals surface area contributed by atoms with Crippen molar-refractivity contribution in [2.45, 2.75) is 13.8 Å². The molecule has 0 atom stereocenters. The van der Waals surface area contributed by atoms with Gasteiger partial charge in [0.1, 0.15) is 0 Å². The van der Waals surface area contributed by atoms with Crippen molar-refractivity contribution >= 4 is 11.7 Å². The molecule has 98 valence electrons. The van der Waals surface area contributed by atoms with Crippen molar-refractivity contribution in [2.24, 2.45) is 11.8 Å². The zero-order valence-electron chi connectivity index (χ0n) is 10.3. The lowest BCUT2D eigenvalue weighted by Gasteiger charge is -2.43. The van der Waals surface area contributed by atoms with Crippen LogP contribution in [0.15, 0.2) is 12.1 Å². The van der Waals surface area contributed by atoms with E-state index in [2.05, 4.69) is 13.8 Å². The summed E-state index contributed by atoms with van der Waals surface area (Å²) in [7, 11) is 0. The fourth-order valence-electron chi connectivity index (χ4n) is 2.10. The van der Waals surface area contributed by atoms with E-state index < -0.39 is 17.6 Å². The molecular formula is C13H15F2NO2. The number of halogens is 2. The summed E-state index contributed by atoms with van der Waals surface area (Å²) in [5.41, 5.74) is 0.0782. The smallest absolute Gasteiger partial charge is 0.337 e. The molecule has 18 heavy (non-hydrogen) atoms. The summed E-state index contributed by atoms with van der Waals surface area (Å²) >= 11 is 0. The first-order valence-electron chi connectivity index (χ1n) is 5.87. The monoisotopic (exact) mass is 255 g/mol. The molecule has 0 spiro atoms. The van der Waals surface area contributed by atoms with E-state index in [0.29, 0.717) is 24.9 Å². The largest absolute Gasteiger partial charge is 0.478 e. The van der Waals surface area contributed by atoms with Gasteiger partial charge in [-0.05, 0) is 17.9 Å². The van der Waals surface area contributed by atoms with Gasteiger partial charge in [0.2, 0.25) is 0 Å². The van der Waals surface area contributed by atoms with Crippen molar-refractivity contribution in [1.29, 1.82) is 0 Å². The van der Waals surface area contributed by atoms with Crippen LogP contribution in [-0.2, 0) is 0 Å². The van der Waals surface area contributed by atoms with E-state index in [0.717, 1.165) is 12.1 Å². The average molecular weight is 255 g/mol. The molecule has 0 aliphatic carbocycles. The van der Waals surface area contributed by atoms with Crippen molar-refractivity contribution < 1.29 is 18.7 Å². The lowest BCUT2D eigenvalue weighted by molar-refractivity contribution is 0.0696. The number of carboxylic acid groups (broad SMARTS) is 1. The summed E-state index contributed by atoms with van der Waals surface area (Å²) in [6.45, 7) is 5.54. The first-order chi connectivity index (χ1) is 8.40. The van der Waals surface area contributed by atoms with Crippen molar-refractivity contribution in [3.05, 3.63) is 29.3 Å². The SMILES string of the molecule is CC(C)C1CN(c2cc(F)c(F)cc2C(=O)O)C1. The van der Waals surface area contributed by atoms with Gasteiger partial charge in [-0.25, -0.2) is 13.6 Å². The molecular weight excluding hydrogens is 240 g/mol. The van der Waals surface area contributed by atoms with Gasteiger partial charge in [-0.1, -0.05) is 13.8 Å². The Morgan fingerprint density at radius 2 is 1.89 bits per heavy atom. The van der Waals surface area contributed by atoms with E-state index in [-0.39, 0.29) is 11.3 Å². The molecule has 1 aromatic rings. The molecule has 5 heteroatoms. The quantitative estimate of drug-likeness (QED) is 0.902. The van der Waals surface area contributed by atoms with E-state index >= 15 is 0 Å². The van der Waals surface area contributed by atoms with E-state index in [4.69, 9.17) is 5.11 Å². The third-order valence-corrected chi connectivity index (χ3v) is 3.46. The number of carboxylic acids is 1. The van der Waals surface area contributed by atoms with Crippen LogP contribution in [0.5, 0.6) is 0 Å². The number of rotatable bonds is 3. The van der Waals surface area contributed by atoms with Crippen molar-refractivity contribution in [1.82, 2.24) is 0 Å². The van der Waals surface area contributed by atoms with E-state index in [9.17, 15) is 13.6 Å². The normalized spacial score (nSPS) is 15.9. The van der Waals surface area contributed by atoms with Gasteiger partial charge in [0.05, 0.1) is 11.3 Å².